The van der Waals surface area contributed by atoms with Crippen LogP contribution in [0.3, 0.4) is 0 Å². The maximum Gasteiger partial charge on any atom is 0.512 e. The van der Waals surface area contributed by atoms with Gasteiger partial charge in [-0.3, -0.25) is 4.55 Å². The van der Waals surface area contributed by atoms with E-state index in [1.165, 1.54) is 31.4 Å². The van der Waals surface area contributed by atoms with Gasteiger partial charge in [-0.25, -0.2) is 4.55 Å². The van der Waals surface area contributed by atoms with E-state index in [2.05, 4.69) is 0 Å². The fraction of sp³-hybridized carbons (Fsp3) is 0.0417. The van der Waals surface area contributed by atoms with Gasteiger partial charge in [0, 0.05) is 12.1 Å². The number of anilines is 1. The Labute approximate surface area is 207 Å². The highest BCUT2D eigenvalue weighted by Gasteiger charge is 2.37. The molecule has 5 rings (SSSR count). The first-order valence-electron chi connectivity index (χ1n) is 10.4. The van der Waals surface area contributed by atoms with Crippen molar-refractivity contribution in [3.63, 3.8) is 0 Å². The van der Waals surface area contributed by atoms with E-state index in [4.69, 9.17) is 9.47 Å². The number of methoxy groups -OCH3 is 1. The summed E-state index contributed by atoms with van der Waals surface area (Å²) in [5.74, 6) is 0.210. The lowest BCUT2D eigenvalue weighted by molar-refractivity contribution is -0.491. The molecule has 1 aliphatic rings. The number of rotatable bonds is 5. The predicted octanol–water partition coefficient (Wildman–Crippen LogP) is 3.45. The molecule has 0 bridgehead atoms. The molecule has 2 heterocycles. The lowest BCUT2D eigenvalue weighted by Crippen LogP contribution is -2.45. The topological polar surface area (TPSA) is 134 Å². The quantitative estimate of drug-likeness (QED) is 0.298. The van der Waals surface area contributed by atoms with Crippen LogP contribution in [-0.4, -0.2) is 33.1 Å². The zero-order chi connectivity index (χ0) is 25.7. The second-order valence-electron chi connectivity index (χ2n) is 7.80. The fourth-order valence-corrected chi connectivity index (χ4v) is 5.53. The molecule has 4 aromatic rings. The Morgan fingerprint density at radius 3 is 2.31 bits per heavy atom. The molecule has 0 spiro atoms. The first-order valence-corrected chi connectivity index (χ1v) is 13.2. The molecule has 1 aromatic heterocycles. The van der Waals surface area contributed by atoms with E-state index < -0.39 is 20.6 Å². The van der Waals surface area contributed by atoms with Crippen LogP contribution in [0.1, 0.15) is 5.69 Å². The van der Waals surface area contributed by atoms with Gasteiger partial charge in [-0.05, 0) is 41.5 Å². The number of hydrogen-bond donors (Lipinski definition) is 2. The summed E-state index contributed by atoms with van der Waals surface area (Å²) >= 11 is 0. The first-order chi connectivity index (χ1) is 17.1. The molecule has 0 saturated heterocycles. The highest BCUT2D eigenvalue weighted by Crippen LogP contribution is 2.43. The number of ether oxygens (including phenoxy) is 2. The van der Waals surface area contributed by atoms with Crippen molar-refractivity contribution < 1.29 is 39.4 Å². The van der Waals surface area contributed by atoms with E-state index in [-0.39, 0.29) is 28.5 Å². The number of pyridine rings is 1. The summed E-state index contributed by atoms with van der Waals surface area (Å²) in [5.41, 5.74) is 1.49. The molecular weight excluding hydrogens is 508 g/mol. The maximum absolute atomic E-state index is 12.4. The fourth-order valence-electron chi connectivity index (χ4n) is 4.02. The molecular formula is C24H19N2O8S2+. The standard InChI is InChI=1S/C24H18N2O8S2/c1-33-20-10-11-21-18(13-20)7-9-19(25(21)35(27,28)29)15-24-26(36(30,31)32)22-14-17(8-12-23(22)34-24)16-5-3-2-4-6-16/h2-15H,1H3,(H-,27,28,29,30,31,32)/p+1. The lowest BCUT2D eigenvalue weighted by Gasteiger charge is -2.14. The number of nitrogens with zero attached hydrogens (tertiary/aromatic N) is 2. The molecule has 0 aliphatic carbocycles. The van der Waals surface area contributed by atoms with Crippen molar-refractivity contribution in [3.05, 3.63) is 90.4 Å². The molecule has 0 unspecified atom stereocenters. The third kappa shape index (κ3) is 4.27. The average Bonchev–Trinajstić information content (AvgIpc) is 3.20. The SMILES string of the molecule is COc1ccc2c(ccc(C=C3Oc4ccc(-c5ccccc5)cc4N3S(=O)(=O)O)[n+]2S(=O)(=O)O)c1. The Bertz CT molecular complexity index is 1750. The van der Waals surface area contributed by atoms with Crippen molar-refractivity contribution in [2.45, 2.75) is 0 Å². The molecule has 10 nitrogen and oxygen atoms in total. The Balaban J connectivity index is 1.69. The Hall–Kier alpha value is -3.97. The molecule has 0 fully saturated rings. The van der Waals surface area contributed by atoms with Crippen LogP contribution < -0.4 is 17.8 Å². The molecule has 0 amide bonds. The minimum absolute atomic E-state index is 0.0361. The van der Waals surface area contributed by atoms with E-state index in [1.54, 1.807) is 24.3 Å². The Morgan fingerprint density at radius 1 is 0.889 bits per heavy atom. The normalized spacial score (nSPS) is 14.6. The Kier molecular flexibility index (Phi) is 5.68. The monoisotopic (exact) mass is 527 g/mol. The number of aromatic nitrogens is 1. The van der Waals surface area contributed by atoms with E-state index >= 15 is 0 Å². The zero-order valence-electron chi connectivity index (χ0n) is 18.6. The van der Waals surface area contributed by atoms with Crippen molar-refractivity contribution in [1.29, 1.82) is 0 Å². The smallest absolute Gasteiger partial charge is 0.497 e. The molecule has 36 heavy (non-hydrogen) atoms. The van der Waals surface area contributed by atoms with Crippen molar-refractivity contribution in [3.8, 4) is 22.6 Å². The van der Waals surface area contributed by atoms with Crippen LogP contribution in [0.2, 0.25) is 0 Å². The molecule has 0 atom stereocenters. The first kappa shape index (κ1) is 23.8. The summed E-state index contributed by atoms with van der Waals surface area (Å²) in [6, 6.07) is 21.4. The molecule has 3 aromatic carbocycles. The van der Waals surface area contributed by atoms with Gasteiger partial charge in [0.1, 0.15) is 11.4 Å². The van der Waals surface area contributed by atoms with Gasteiger partial charge in [-0.2, -0.15) is 12.7 Å². The highest BCUT2D eigenvalue weighted by molar-refractivity contribution is 7.87. The summed E-state index contributed by atoms with van der Waals surface area (Å²) in [6.45, 7) is 0. The predicted molar refractivity (Wildman–Crippen MR) is 132 cm³/mol. The van der Waals surface area contributed by atoms with Crippen LogP contribution in [0.15, 0.2) is 84.7 Å². The molecule has 0 saturated carbocycles. The largest absolute Gasteiger partial charge is 0.512 e. The van der Waals surface area contributed by atoms with Gasteiger partial charge in [0.15, 0.2) is 5.75 Å². The van der Waals surface area contributed by atoms with Crippen LogP contribution in [0.4, 0.5) is 5.69 Å². The van der Waals surface area contributed by atoms with E-state index in [0.717, 1.165) is 11.6 Å². The van der Waals surface area contributed by atoms with Crippen LogP contribution in [-0.2, 0) is 20.6 Å². The maximum atomic E-state index is 12.4. The summed E-state index contributed by atoms with van der Waals surface area (Å²) in [6.07, 6.45) is 1.09. The zero-order valence-corrected chi connectivity index (χ0v) is 20.3. The minimum Gasteiger partial charge on any atom is -0.497 e. The number of benzene rings is 3. The minimum atomic E-state index is -4.88. The summed E-state index contributed by atoms with van der Waals surface area (Å²) in [5, 5.41) is 0.434. The van der Waals surface area contributed by atoms with Gasteiger partial charge in [0.25, 0.3) is 0 Å². The van der Waals surface area contributed by atoms with Gasteiger partial charge >= 0.3 is 20.6 Å². The van der Waals surface area contributed by atoms with Crippen LogP contribution in [0.25, 0.3) is 28.1 Å². The van der Waals surface area contributed by atoms with Gasteiger partial charge in [-0.15, -0.1) is 8.42 Å². The molecule has 1 aliphatic heterocycles. The lowest BCUT2D eigenvalue weighted by atomic mass is 10.1. The average molecular weight is 528 g/mol. The molecule has 0 radical (unpaired) electrons. The second-order valence-corrected chi connectivity index (χ2v) is 10.3. The second kappa shape index (κ2) is 8.60. The summed E-state index contributed by atoms with van der Waals surface area (Å²) in [4.78, 5) is 0. The van der Waals surface area contributed by atoms with E-state index in [1.807, 2.05) is 30.3 Å². The third-order valence-corrected chi connectivity index (χ3v) is 7.26. The van der Waals surface area contributed by atoms with Crippen LogP contribution >= 0.6 is 0 Å². The summed E-state index contributed by atoms with van der Waals surface area (Å²) in [7, 11) is -8.26. The highest BCUT2D eigenvalue weighted by atomic mass is 32.2. The number of fused-ring (bicyclic) bond motifs is 2. The van der Waals surface area contributed by atoms with E-state index in [0.29, 0.717) is 25.0 Å². The van der Waals surface area contributed by atoms with Crippen molar-refractivity contribution in [1.82, 2.24) is 0 Å². The molecule has 12 heteroatoms. The van der Waals surface area contributed by atoms with Crippen molar-refractivity contribution in [2.24, 2.45) is 0 Å². The molecule has 2 N–H and O–H groups in total. The van der Waals surface area contributed by atoms with Crippen molar-refractivity contribution >= 4 is 43.3 Å². The van der Waals surface area contributed by atoms with Crippen LogP contribution in [0, 0.1) is 0 Å². The third-order valence-electron chi connectivity index (χ3n) is 5.55. The summed E-state index contributed by atoms with van der Waals surface area (Å²) < 4.78 is 81.5. The van der Waals surface area contributed by atoms with Gasteiger partial charge in [0.2, 0.25) is 17.1 Å². The van der Waals surface area contributed by atoms with Gasteiger partial charge in [-0.1, -0.05) is 40.4 Å². The van der Waals surface area contributed by atoms with Gasteiger partial charge in [0.05, 0.1) is 18.6 Å². The van der Waals surface area contributed by atoms with E-state index in [9.17, 15) is 25.9 Å². The van der Waals surface area contributed by atoms with Crippen LogP contribution in [0.5, 0.6) is 11.5 Å². The van der Waals surface area contributed by atoms with Gasteiger partial charge < -0.3 is 9.47 Å². The van der Waals surface area contributed by atoms with Crippen molar-refractivity contribution in [2.75, 3.05) is 11.4 Å². The Morgan fingerprint density at radius 2 is 1.64 bits per heavy atom. The molecule has 184 valence electrons. The number of hydrogen-bond acceptors (Lipinski definition) is 6.